The van der Waals surface area contributed by atoms with Gasteiger partial charge in [0.1, 0.15) is 6.04 Å². The molecular weight excluding hydrogens is 224 g/mol. The third-order valence-electron chi connectivity index (χ3n) is 1.72. The highest BCUT2D eigenvalue weighted by Crippen LogP contribution is 2.31. The van der Waals surface area contributed by atoms with E-state index in [4.69, 9.17) is 0 Å². The number of rotatable bonds is 1. The summed E-state index contributed by atoms with van der Waals surface area (Å²) < 4.78 is 73.6. The molecule has 1 rings (SSSR count). The van der Waals surface area contributed by atoms with E-state index in [-0.39, 0.29) is 12.1 Å². The van der Waals surface area contributed by atoms with E-state index in [0.29, 0.717) is 0 Å². The molecule has 0 aliphatic carbocycles. The summed E-state index contributed by atoms with van der Waals surface area (Å²) in [6, 6.07) is -2.10. The van der Waals surface area contributed by atoms with Gasteiger partial charge in [0.15, 0.2) is 17.5 Å². The molecule has 1 unspecified atom stereocenters. The van der Waals surface area contributed by atoms with Crippen LogP contribution in [0.25, 0.3) is 0 Å². The van der Waals surface area contributed by atoms with E-state index in [9.17, 15) is 26.3 Å². The number of hydrogen-bond acceptors (Lipinski definition) is 1. The van der Waals surface area contributed by atoms with Gasteiger partial charge >= 0.3 is 6.18 Å². The van der Waals surface area contributed by atoms with Gasteiger partial charge in [-0.1, -0.05) is 0 Å². The first kappa shape index (κ1) is 11.8. The number of nitrogens with two attached hydrogens (primary N) is 1. The molecule has 0 radical (unpaired) electrons. The van der Waals surface area contributed by atoms with Gasteiger partial charge in [0.05, 0.1) is 0 Å². The third-order valence-corrected chi connectivity index (χ3v) is 1.72. The Balaban J connectivity index is 3.17. The first-order valence-corrected chi connectivity index (χ1v) is 3.70. The van der Waals surface area contributed by atoms with Crippen LogP contribution in [0, 0.1) is 17.5 Å². The second-order valence-corrected chi connectivity index (χ2v) is 2.82. The van der Waals surface area contributed by atoms with Crippen molar-refractivity contribution in [2.75, 3.05) is 0 Å². The van der Waals surface area contributed by atoms with E-state index in [2.05, 4.69) is 5.73 Å². The van der Waals surface area contributed by atoms with E-state index < -0.39 is 35.2 Å². The first-order valence-electron chi connectivity index (χ1n) is 3.70. The van der Waals surface area contributed by atoms with Crippen molar-refractivity contribution in [1.82, 2.24) is 0 Å². The van der Waals surface area contributed by atoms with Crippen molar-refractivity contribution in [1.29, 1.82) is 0 Å². The van der Waals surface area contributed by atoms with Crippen LogP contribution in [0.5, 0.6) is 0 Å². The summed E-state index contributed by atoms with van der Waals surface area (Å²) in [6.45, 7) is 0. The van der Waals surface area contributed by atoms with Crippen LogP contribution in [-0.4, -0.2) is 6.18 Å². The highest BCUT2D eigenvalue weighted by Gasteiger charge is 2.38. The largest absolute Gasteiger partial charge is 0.407 e. The Labute approximate surface area is 80.5 Å². The average Bonchev–Trinajstić information content (AvgIpc) is 2.10. The zero-order valence-corrected chi connectivity index (χ0v) is 7.08. The summed E-state index contributed by atoms with van der Waals surface area (Å²) in [7, 11) is 0. The highest BCUT2D eigenvalue weighted by atomic mass is 19.4. The second kappa shape index (κ2) is 3.73. The molecule has 7 heteroatoms. The van der Waals surface area contributed by atoms with Crippen LogP contribution in [0.15, 0.2) is 12.1 Å². The SMILES string of the molecule is NC(c1cc(F)c(F)c(F)c1)C(F)(F)F. The van der Waals surface area contributed by atoms with E-state index >= 15 is 0 Å². The molecule has 84 valence electrons. The first-order chi connectivity index (χ1) is 6.73. The minimum Gasteiger partial charge on any atom is -0.316 e. The van der Waals surface area contributed by atoms with Crippen LogP contribution in [0.1, 0.15) is 11.6 Å². The summed E-state index contributed by atoms with van der Waals surface area (Å²) in [5, 5.41) is 0. The summed E-state index contributed by atoms with van der Waals surface area (Å²) >= 11 is 0. The van der Waals surface area contributed by atoms with Crippen LogP contribution in [0.3, 0.4) is 0 Å². The molecule has 0 amide bonds. The summed E-state index contributed by atoms with van der Waals surface area (Å²) in [5.74, 6) is -5.23. The van der Waals surface area contributed by atoms with Gasteiger partial charge in [-0.3, -0.25) is 0 Å². The van der Waals surface area contributed by atoms with Crippen molar-refractivity contribution in [3.05, 3.63) is 35.1 Å². The molecule has 1 aromatic rings. The number of benzene rings is 1. The van der Waals surface area contributed by atoms with Crippen molar-refractivity contribution in [2.45, 2.75) is 12.2 Å². The maximum atomic E-state index is 12.6. The predicted molar refractivity (Wildman–Crippen MR) is 39.3 cm³/mol. The Morgan fingerprint density at radius 3 is 1.73 bits per heavy atom. The van der Waals surface area contributed by atoms with Gasteiger partial charge in [-0.05, 0) is 17.7 Å². The zero-order chi connectivity index (χ0) is 11.8. The standard InChI is InChI=1S/C8H5F6N/c9-4-1-3(2-5(10)6(4)11)7(15)8(12,13)14/h1-2,7H,15H2. The Morgan fingerprint density at radius 2 is 1.40 bits per heavy atom. The van der Waals surface area contributed by atoms with Crippen molar-refractivity contribution in [3.8, 4) is 0 Å². The maximum absolute atomic E-state index is 12.6. The lowest BCUT2D eigenvalue weighted by atomic mass is 10.1. The monoisotopic (exact) mass is 229 g/mol. The summed E-state index contributed by atoms with van der Waals surface area (Å²) in [4.78, 5) is 0. The Hall–Kier alpha value is -1.24. The summed E-state index contributed by atoms with van der Waals surface area (Å²) in [5.41, 5.74) is 3.82. The van der Waals surface area contributed by atoms with Gasteiger partial charge in [-0.25, -0.2) is 13.2 Å². The van der Waals surface area contributed by atoms with E-state index in [1.54, 1.807) is 0 Å². The van der Waals surface area contributed by atoms with E-state index in [1.807, 2.05) is 0 Å². The fourth-order valence-electron chi connectivity index (χ4n) is 0.944. The topological polar surface area (TPSA) is 26.0 Å². The molecule has 0 bridgehead atoms. The molecule has 0 aliphatic rings. The van der Waals surface area contributed by atoms with Gasteiger partial charge in [0, 0.05) is 0 Å². The number of alkyl halides is 3. The molecular formula is C8H5F6N. The van der Waals surface area contributed by atoms with Crippen LogP contribution >= 0.6 is 0 Å². The van der Waals surface area contributed by atoms with Crippen LogP contribution in [0.2, 0.25) is 0 Å². The van der Waals surface area contributed by atoms with Gasteiger partial charge < -0.3 is 5.73 Å². The van der Waals surface area contributed by atoms with E-state index in [1.165, 1.54) is 0 Å². The molecule has 0 spiro atoms. The molecule has 1 nitrogen and oxygen atoms in total. The minimum absolute atomic E-state index is 0.219. The molecule has 0 aliphatic heterocycles. The third kappa shape index (κ3) is 2.41. The van der Waals surface area contributed by atoms with Crippen molar-refractivity contribution in [2.24, 2.45) is 5.73 Å². The number of halogens is 6. The molecule has 1 atom stereocenters. The van der Waals surface area contributed by atoms with Gasteiger partial charge in [-0.2, -0.15) is 13.2 Å². The van der Waals surface area contributed by atoms with Crippen molar-refractivity contribution in [3.63, 3.8) is 0 Å². The Bertz CT molecular complexity index is 349. The Kier molecular flexibility index (Phi) is 2.94. The smallest absolute Gasteiger partial charge is 0.316 e. The predicted octanol–water partition coefficient (Wildman–Crippen LogP) is 2.67. The highest BCUT2D eigenvalue weighted by molar-refractivity contribution is 5.23. The second-order valence-electron chi connectivity index (χ2n) is 2.82. The normalized spacial score (nSPS) is 14.1. The lowest BCUT2D eigenvalue weighted by Crippen LogP contribution is -2.28. The molecule has 15 heavy (non-hydrogen) atoms. The van der Waals surface area contributed by atoms with Crippen LogP contribution in [0.4, 0.5) is 26.3 Å². The number of hydrogen-bond donors (Lipinski definition) is 1. The minimum atomic E-state index is -4.84. The van der Waals surface area contributed by atoms with Crippen LogP contribution < -0.4 is 5.73 Å². The fraction of sp³-hybridized carbons (Fsp3) is 0.250. The molecule has 0 heterocycles. The van der Waals surface area contributed by atoms with Gasteiger partial charge in [0.2, 0.25) is 0 Å². The van der Waals surface area contributed by atoms with E-state index in [0.717, 1.165) is 0 Å². The van der Waals surface area contributed by atoms with Crippen LogP contribution in [-0.2, 0) is 0 Å². The van der Waals surface area contributed by atoms with Gasteiger partial charge in [0.25, 0.3) is 0 Å². The molecule has 0 saturated heterocycles. The molecule has 2 N–H and O–H groups in total. The fourth-order valence-corrected chi connectivity index (χ4v) is 0.944. The maximum Gasteiger partial charge on any atom is 0.407 e. The average molecular weight is 229 g/mol. The molecule has 0 fully saturated rings. The molecule has 1 aromatic carbocycles. The van der Waals surface area contributed by atoms with Crippen molar-refractivity contribution < 1.29 is 26.3 Å². The molecule has 0 saturated carbocycles. The van der Waals surface area contributed by atoms with Crippen molar-refractivity contribution >= 4 is 0 Å². The van der Waals surface area contributed by atoms with Gasteiger partial charge in [-0.15, -0.1) is 0 Å². The quantitative estimate of drug-likeness (QED) is 0.581. The lowest BCUT2D eigenvalue weighted by molar-refractivity contribution is -0.149. The zero-order valence-electron chi connectivity index (χ0n) is 7.08. The lowest BCUT2D eigenvalue weighted by Gasteiger charge is -2.15. The molecule has 0 aromatic heterocycles. The Morgan fingerprint density at radius 1 is 1.00 bits per heavy atom. The summed E-state index contributed by atoms with van der Waals surface area (Å²) in [6.07, 6.45) is -4.84.